The molecule has 3 aromatic rings. The Morgan fingerprint density at radius 3 is 2.68 bits per heavy atom. The normalized spacial score (nSPS) is 10.6. The Labute approximate surface area is 150 Å². The molecular weight excluding hydrogens is 392 g/mol. The largest absolute Gasteiger partial charge is 0.309 e. The minimum Gasteiger partial charge on any atom is -0.309 e. The Morgan fingerprint density at radius 1 is 1.24 bits per heavy atom. The van der Waals surface area contributed by atoms with Gasteiger partial charge in [-0.1, -0.05) is 28.1 Å². The van der Waals surface area contributed by atoms with Crippen LogP contribution in [0, 0.1) is 10.1 Å². The number of nitrogens with one attached hydrogen (secondary N) is 1. The molecule has 25 heavy (non-hydrogen) atoms. The van der Waals surface area contributed by atoms with Crippen molar-refractivity contribution in [1.82, 2.24) is 19.6 Å². The van der Waals surface area contributed by atoms with E-state index in [0.717, 1.165) is 16.2 Å². The molecule has 2 heterocycles. The number of benzene rings is 1. The topological polar surface area (TPSA) is 108 Å². The zero-order valence-corrected chi connectivity index (χ0v) is 14.5. The van der Waals surface area contributed by atoms with E-state index in [9.17, 15) is 14.9 Å². The Hall–Kier alpha value is -3.01. The maximum atomic E-state index is 12.1. The van der Waals surface area contributed by atoms with E-state index in [1.165, 1.54) is 10.9 Å². The molecule has 0 aliphatic heterocycles. The first-order chi connectivity index (χ1) is 12.0. The third-order valence-electron chi connectivity index (χ3n) is 3.37. The lowest BCUT2D eigenvalue weighted by atomic mass is 10.2. The average molecular weight is 405 g/mol. The highest BCUT2D eigenvalue weighted by Crippen LogP contribution is 2.14. The lowest BCUT2D eigenvalue weighted by Crippen LogP contribution is -2.21. The molecule has 128 valence electrons. The number of amides is 1. The number of nitrogens with zero attached hydrogens (tertiary/aromatic N) is 5. The van der Waals surface area contributed by atoms with Gasteiger partial charge in [0.2, 0.25) is 5.91 Å². The molecule has 0 spiro atoms. The summed E-state index contributed by atoms with van der Waals surface area (Å²) in [6, 6.07) is 9.46. The summed E-state index contributed by atoms with van der Waals surface area (Å²) >= 11 is 3.38. The van der Waals surface area contributed by atoms with Gasteiger partial charge in [-0.25, -0.2) is 4.68 Å². The van der Waals surface area contributed by atoms with Gasteiger partial charge in [-0.2, -0.15) is 10.2 Å². The summed E-state index contributed by atoms with van der Waals surface area (Å²) in [5.41, 5.74) is 0.873. The van der Waals surface area contributed by atoms with Crippen molar-refractivity contribution in [2.75, 3.05) is 5.32 Å². The molecule has 0 fully saturated rings. The zero-order valence-electron chi connectivity index (χ0n) is 12.9. The van der Waals surface area contributed by atoms with Gasteiger partial charge in [0.25, 0.3) is 0 Å². The smallest absolute Gasteiger partial charge is 0.307 e. The van der Waals surface area contributed by atoms with E-state index in [-0.39, 0.29) is 18.1 Å². The Balaban J connectivity index is 1.64. The predicted octanol–water partition coefficient (Wildman–Crippen LogP) is 2.44. The molecule has 9 nitrogen and oxygen atoms in total. The lowest BCUT2D eigenvalue weighted by molar-refractivity contribution is -0.385. The van der Waals surface area contributed by atoms with Gasteiger partial charge < -0.3 is 5.32 Å². The van der Waals surface area contributed by atoms with E-state index < -0.39 is 4.92 Å². The summed E-state index contributed by atoms with van der Waals surface area (Å²) in [4.78, 5) is 22.2. The molecular formula is C15H13BrN6O3. The molecule has 0 radical (unpaired) electrons. The van der Waals surface area contributed by atoms with Crippen molar-refractivity contribution in [3.8, 4) is 0 Å². The van der Waals surface area contributed by atoms with E-state index in [0.29, 0.717) is 12.4 Å². The van der Waals surface area contributed by atoms with Gasteiger partial charge in [-0.15, -0.1) is 0 Å². The number of hydrogen-bond acceptors (Lipinski definition) is 5. The second-order valence-electron chi connectivity index (χ2n) is 5.20. The second kappa shape index (κ2) is 7.26. The molecule has 10 heteroatoms. The fourth-order valence-corrected chi connectivity index (χ4v) is 2.45. The predicted molar refractivity (Wildman–Crippen MR) is 93.0 cm³/mol. The molecule has 1 N–H and O–H groups in total. The molecule has 3 rings (SSSR count). The first-order valence-corrected chi connectivity index (χ1v) is 8.03. The first-order valence-electron chi connectivity index (χ1n) is 7.24. The second-order valence-corrected chi connectivity index (χ2v) is 6.12. The van der Waals surface area contributed by atoms with Crippen LogP contribution in [0.1, 0.15) is 5.56 Å². The number of halogens is 1. The SMILES string of the molecule is O=C(Cn1cc([N+](=O)[O-])cn1)Nc1ccnn1Cc1ccc(Br)cc1. The van der Waals surface area contributed by atoms with Crippen molar-refractivity contribution in [3.63, 3.8) is 0 Å². The van der Waals surface area contributed by atoms with E-state index in [1.54, 1.807) is 16.9 Å². The Kier molecular flexibility index (Phi) is 4.89. The molecule has 0 saturated heterocycles. The molecule has 0 aliphatic carbocycles. The van der Waals surface area contributed by atoms with Crippen LogP contribution in [0.2, 0.25) is 0 Å². The number of nitro groups is 1. The van der Waals surface area contributed by atoms with Crippen molar-refractivity contribution in [3.05, 3.63) is 69.1 Å². The highest BCUT2D eigenvalue weighted by atomic mass is 79.9. The first kappa shape index (κ1) is 16.8. The summed E-state index contributed by atoms with van der Waals surface area (Å²) in [5, 5.41) is 21.4. The molecule has 0 aliphatic rings. The maximum absolute atomic E-state index is 12.1. The van der Waals surface area contributed by atoms with Crippen LogP contribution in [0.4, 0.5) is 11.5 Å². The Morgan fingerprint density at radius 2 is 2.00 bits per heavy atom. The van der Waals surface area contributed by atoms with Crippen LogP contribution in [-0.2, 0) is 17.9 Å². The van der Waals surface area contributed by atoms with Crippen LogP contribution in [-0.4, -0.2) is 30.4 Å². The quantitative estimate of drug-likeness (QED) is 0.501. The number of anilines is 1. The molecule has 0 saturated carbocycles. The highest BCUT2D eigenvalue weighted by Gasteiger charge is 2.13. The number of carbonyl (C=O) groups excluding carboxylic acids is 1. The molecule has 0 unspecified atom stereocenters. The number of carbonyl (C=O) groups is 1. The summed E-state index contributed by atoms with van der Waals surface area (Å²) in [6.45, 7) is 0.375. The van der Waals surface area contributed by atoms with Gasteiger partial charge >= 0.3 is 5.69 Å². The molecule has 1 aromatic carbocycles. The summed E-state index contributed by atoms with van der Waals surface area (Å²) in [7, 11) is 0. The third kappa shape index (κ3) is 4.29. The van der Waals surface area contributed by atoms with Crippen LogP contribution in [0.15, 0.2) is 53.4 Å². The van der Waals surface area contributed by atoms with Crippen molar-refractivity contribution < 1.29 is 9.72 Å². The van der Waals surface area contributed by atoms with Crippen LogP contribution in [0.3, 0.4) is 0 Å². The van der Waals surface area contributed by atoms with E-state index in [2.05, 4.69) is 31.4 Å². The minimum absolute atomic E-state index is 0.128. The molecule has 0 atom stereocenters. The van der Waals surface area contributed by atoms with Crippen LogP contribution in [0.5, 0.6) is 0 Å². The average Bonchev–Trinajstić information content (AvgIpc) is 3.20. The van der Waals surface area contributed by atoms with Gasteiger partial charge in [0.15, 0.2) is 0 Å². The van der Waals surface area contributed by atoms with Gasteiger partial charge in [0, 0.05) is 10.5 Å². The summed E-state index contributed by atoms with van der Waals surface area (Å²) in [6.07, 6.45) is 3.90. The van der Waals surface area contributed by atoms with Crippen molar-refractivity contribution in [2.24, 2.45) is 0 Å². The molecule has 1 amide bonds. The van der Waals surface area contributed by atoms with Crippen LogP contribution >= 0.6 is 15.9 Å². The number of hydrogen-bond donors (Lipinski definition) is 1. The van der Waals surface area contributed by atoms with Crippen molar-refractivity contribution in [2.45, 2.75) is 13.1 Å². The zero-order chi connectivity index (χ0) is 17.8. The van der Waals surface area contributed by atoms with Gasteiger partial charge in [-0.3, -0.25) is 19.6 Å². The van der Waals surface area contributed by atoms with Gasteiger partial charge in [-0.05, 0) is 17.7 Å². The third-order valence-corrected chi connectivity index (χ3v) is 3.89. The minimum atomic E-state index is -0.561. The fourth-order valence-electron chi connectivity index (χ4n) is 2.19. The standard InChI is InChI=1S/C15H13BrN6O3/c16-12-3-1-11(2-4-12)8-21-14(5-6-17-21)19-15(23)10-20-9-13(7-18-20)22(24)25/h1-7,9H,8,10H2,(H,19,23). The van der Waals surface area contributed by atoms with Gasteiger partial charge in [0.05, 0.1) is 17.7 Å². The number of aromatic nitrogens is 4. The lowest BCUT2D eigenvalue weighted by Gasteiger charge is -2.09. The van der Waals surface area contributed by atoms with Crippen LogP contribution in [0.25, 0.3) is 0 Å². The van der Waals surface area contributed by atoms with Crippen LogP contribution < -0.4 is 5.32 Å². The van der Waals surface area contributed by atoms with Gasteiger partial charge in [0.1, 0.15) is 24.8 Å². The molecule has 2 aromatic heterocycles. The molecule has 0 bridgehead atoms. The summed E-state index contributed by atoms with van der Waals surface area (Å²) in [5.74, 6) is 0.185. The monoisotopic (exact) mass is 404 g/mol. The van der Waals surface area contributed by atoms with Crippen molar-refractivity contribution in [1.29, 1.82) is 0 Å². The maximum Gasteiger partial charge on any atom is 0.307 e. The number of rotatable bonds is 6. The van der Waals surface area contributed by atoms with E-state index in [4.69, 9.17) is 0 Å². The Bertz CT molecular complexity index is 902. The van der Waals surface area contributed by atoms with Crippen molar-refractivity contribution >= 4 is 33.3 Å². The van der Waals surface area contributed by atoms with E-state index in [1.807, 2.05) is 24.3 Å². The highest BCUT2D eigenvalue weighted by molar-refractivity contribution is 9.10. The summed E-state index contributed by atoms with van der Waals surface area (Å²) < 4.78 is 3.86. The fraction of sp³-hybridized carbons (Fsp3) is 0.133. The van der Waals surface area contributed by atoms with E-state index >= 15 is 0 Å².